The normalized spacial score (nSPS) is 13.1. The van der Waals surface area contributed by atoms with E-state index in [0.717, 1.165) is 11.4 Å². The summed E-state index contributed by atoms with van der Waals surface area (Å²) in [5, 5.41) is 3.89. The van der Waals surface area contributed by atoms with Crippen LogP contribution >= 0.6 is 11.6 Å². The summed E-state index contributed by atoms with van der Waals surface area (Å²) in [4.78, 5) is 11.6. The van der Waals surface area contributed by atoms with E-state index in [-0.39, 0.29) is 18.6 Å². The lowest BCUT2D eigenvalue weighted by Crippen LogP contribution is -2.36. The molecular formula is C15H22ClNO2. The SMILES string of the molecule is CC(Cc1ccc(Cl)cc1)NCC(=O)OC(C)(C)C. The van der Waals surface area contributed by atoms with Crippen LogP contribution in [-0.4, -0.2) is 24.2 Å². The molecule has 0 heterocycles. The maximum absolute atomic E-state index is 11.6. The maximum Gasteiger partial charge on any atom is 0.320 e. The van der Waals surface area contributed by atoms with E-state index in [1.54, 1.807) is 0 Å². The second-order valence-electron chi connectivity index (χ2n) is 5.70. The third kappa shape index (κ3) is 7.19. The molecule has 1 aromatic carbocycles. The molecule has 4 heteroatoms. The molecule has 0 aliphatic carbocycles. The molecule has 0 saturated heterocycles. The second-order valence-corrected chi connectivity index (χ2v) is 6.14. The Morgan fingerprint density at radius 3 is 2.42 bits per heavy atom. The van der Waals surface area contributed by atoms with Gasteiger partial charge in [-0.15, -0.1) is 0 Å². The van der Waals surface area contributed by atoms with Gasteiger partial charge < -0.3 is 10.1 Å². The van der Waals surface area contributed by atoms with Crippen LogP contribution in [0.2, 0.25) is 5.02 Å². The first-order valence-electron chi connectivity index (χ1n) is 6.46. The van der Waals surface area contributed by atoms with Gasteiger partial charge in [-0.3, -0.25) is 4.79 Å². The second kappa shape index (κ2) is 6.92. The number of benzene rings is 1. The van der Waals surface area contributed by atoms with Gasteiger partial charge in [-0.2, -0.15) is 0 Å². The highest BCUT2D eigenvalue weighted by Crippen LogP contribution is 2.11. The lowest BCUT2D eigenvalue weighted by molar-refractivity contribution is -0.153. The molecule has 0 amide bonds. The Kier molecular flexibility index (Phi) is 5.83. The van der Waals surface area contributed by atoms with Crippen LogP contribution < -0.4 is 5.32 Å². The molecule has 0 spiro atoms. The van der Waals surface area contributed by atoms with Crippen molar-refractivity contribution in [3.8, 4) is 0 Å². The van der Waals surface area contributed by atoms with Gasteiger partial charge in [0.2, 0.25) is 0 Å². The van der Waals surface area contributed by atoms with Crippen molar-refractivity contribution in [3.63, 3.8) is 0 Å². The fraction of sp³-hybridized carbons (Fsp3) is 0.533. The molecule has 1 unspecified atom stereocenters. The molecule has 3 nitrogen and oxygen atoms in total. The van der Waals surface area contributed by atoms with Gasteiger partial charge in [0.25, 0.3) is 0 Å². The van der Waals surface area contributed by atoms with Gasteiger partial charge in [0.15, 0.2) is 0 Å². The van der Waals surface area contributed by atoms with Crippen molar-refractivity contribution in [2.45, 2.75) is 45.8 Å². The van der Waals surface area contributed by atoms with Gasteiger partial charge in [-0.1, -0.05) is 23.7 Å². The predicted octanol–water partition coefficient (Wildman–Crippen LogP) is 3.20. The monoisotopic (exact) mass is 283 g/mol. The Balaban J connectivity index is 2.33. The molecule has 0 aliphatic rings. The summed E-state index contributed by atoms with van der Waals surface area (Å²) >= 11 is 5.84. The first-order valence-corrected chi connectivity index (χ1v) is 6.84. The number of halogens is 1. The van der Waals surface area contributed by atoms with E-state index in [4.69, 9.17) is 16.3 Å². The summed E-state index contributed by atoms with van der Waals surface area (Å²) in [5.74, 6) is -0.226. The molecule has 0 radical (unpaired) electrons. The minimum absolute atomic E-state index is 0.202. The number of carbonyl (C=O) groups excluding carboxylic acids is 1. The van der Waals surface area contributed by atoms with Crippen LogP contribution in [0.1, 0.15) is 33.3 Å². The van der Waals surface area contributed by atoms with Gasteiger partial charge in [0.1, 0.15) is 5.60 Å². The van der Waals surface area contributed by atoms with Gasteiger partial charge in [0.05, 0.1) is 6.54 Å². The maximum atomic E-state index is 11.6. The summed E-state index contributed by atoms with van der Waals surface area (Å²) in [6.45, 7) is 7.86. The molecule has 1 N–H and O–H groups in total. The molecule has 1 rings (SSSR count). The number of rotatable bonds is 5. The van der Waals surface area contributed by atoms with Crippen LogP contribution in [0.15, 0.2) is 24.3 Å². The number of ether oxygens (including phenoxy) is 1. The number of nitrogens with one attached hydrogen (secondary N) is 1. The smallest absolute Gasteiger partial charge is 0.320 e. The van der Waals surface area contributed by atoms with Crippen LogP contribution in [0.3, 0.4) is 0 Å². The topological polar surface area (TPSA) is 38.3 Å². The van der Waals surface area contributed by atoms with Gasteiger partial charge in [-0.25, -0.2) is 0 Å². The highest BCUT2D eigenvalue weighted by molar-refractivity contribution is 6.30. The average molecular weight is 284 g/mol. The Morgan fingerprint density at radius 2 is 1.89 bits per heavy atom. The van der Waals surface area contributed by atoms with Crippen molar-refractivity contribution in [2.24, 2.45) is 0 Å². The quantitative estimate of drug-likeness (QED) is 0.844. The molecule has 0 fully saturated rings. The van der Waals surface area contributed by atoms with Crippen LogP contribution in [0, 0.1) is 0 Å². The van der Waals surface area contributed by atoms with Gasteiger partial charge in [0, 0.05) is 11.1 Å². The molecular weight excluding hydrogens is 262 g/mol. The van der Waals surface area contributed by atoms with E-state index in [1.807, 2.05) is 52.0 Å². The zero-order chi connectivity index (χ0) is 14.5. The Labute approximate surface area is 120 Å². The first-order chi connectivity index (χ1) is 8.76. The van der Waals surface area contributed by atoms with Crippen molar-refractivity contribution in [2.75, 3.05) is 6.54 Å². The summed E-state index contributed by atoms with van der Waals surface area (Å²) in [6.07, 6.45) is 0.847. The summed E-state index contributed by atoms with van der Waals surface area (Å²) < 4.78 is 5.24. The third-order valence-corrected chi connectivity index (χ3v) is 2.72. The summed E-state index contributed by atoms with van der Waals surface area (Å²) in [5.41, 5.74) is 0.756. The van der Waals surface area contributed by atoms with Crippen molar-refractivity contribution >= 4 is 17.6 Å². The van der Waals surface area contributed by atoms with Crippen LogP contribution in [0.25, 0.3) is 0 Å². The number of hydrogen-bond donors (Lipinski definition) is 1. The minimum atomic E-state index is -0.432. The molecule has 19 heavy (non-hydrogen) atoms. The molecule has 0 saturated carbocycles. The van der Waals surface area contributed by atoms with Crippen molar-refractivity contribution < 1.29 is 9.53 Å². The average Bonchev–Trinajstić information content (AvgIpc) is 2.27. The van der Waals surface area contributed by atoms with Crippen LogP contribution in [0.5, 0.6) is 0 Å². The standard InChI is InChI=1S/C15H22ClNO2/c1-11(9-12-5-7-13(16)8-6-12)17-10-14(18)19-15(2,3)4/h5-8,11,17H,9-10H2,1-4H3. The van der Waals surface area contributed by atoms with E-state index < -0.39 is 5.60 Å². The van der Waals surface area contributed by atoms with E-state index in [2.05, 4.69) is 5.32 Å². The number of esters is 1. The zero-order valence-corrected chi connectivity index (χ0v) is 12.8. The molecule has 106 valence electrons. The lowest BCUT2D eigenvalue weighted by atomic mass is 10.1. The van der Waals surface area contributed by atoms with Crippen LogP contribution in [-0.2, 0) is 16.0 Å². The first kappa shape index (κ1) is 16.0. The molecule has 0 bridgehead atoms. The largest absolute Gasteiger partial charge is 0.459 e. The van der Waals surface area contributed by atoms with E-state index in [1.165, 1.54) is 5.56 Å². The van der Waals surface area contributed by atoms with E-state index >= 15 is 0 Å². The molecule has 0 aliphatic heterocycles. The molecule has 0 aromatic heterocycles. The van der Waals surface area contributed by atoms with Crippen molar-refractivity contribution in [1.82, 2.24) is 5.32 Å². The highest BCUT2D eigenvalue weighted by Gasteiger charge is 2.16. The fourth-order valence-electron chi connectivity index (χ4n) is 1.68. The molecule has 1 atom stereocenters. The zero-order valence-electron chi connectivity index (χ0n) is 12.0. The Bertz CT molecular complexity index is 409. The minimum Gasteiger partial charge on any atom is -0.459 e. The van der Waals surface area contributed by atoms with Gasteiger partial charge in [-0.05, 0) is 51.8 Å². The van der Waals surface area contributed by atoms with Gasteiger partial charge >= 0.3 is 5.97 Å². The summed E-state index contributed by atoms with van der Waals surface area (Å²) in [6, 6.07) is 7.94. The van der Waals surface area contributed by atoms with Crippen LogP contribution in [0.4, 0.5) is 0 Å². The number of hydrogen-bond acceptors (Lipinski definition) is 3. The fourth-order valence-corrected chi connectivity index (χ4v) is 1.81. The Hall–Kier alpha value is -1.06. The Morgan fingerprint density at radius 1 is 1.32 bits per heavy atom. The summed E-state index contributed by atoms with van der Waals surface area (Å²) in [7, 11) is 0. The van der Waals surface area contributed by atoms with E-state index in [9.17, 15) is 4.79 Å². The molecule has 1 aromatic rings. The highest BCUT2D eigenvalue weighted by atomic mass is 35.5. The van der Waals surface area contributed by atoms with Crippen molar-refractivity contribution in [1.29, 1.82) is 0 Å². The van der Waals surface area contributed by atoms with Crippen molar-refractivity contribution in [3.05, 3.63) is 34.9 Å². The predicted molar refractivity (Wildman–Crippen MR) is 78.5 cm³/mol. The van der Waals surface area contributed by atoms with E-state index in [0.29, 0.717) is 0 Å². The lowest BCUT2D eigenvalue weighted by Gasteiger charge is -2.20. The third-order valence-electron chi connectivity index (χ3n) is 2.47. The number of carbonyl (C=O) groups is 1.